The number of likely N-dealkylation sites (tertiary alicyclic amines) is 1. The van der Waals surface area contributed by atoms with Crippen molar-refractivity contribution in [3.05, 3.63) is 34.1 Å². The molecule has 1 aliphatic heterocycles. The van der Waals surface area contributed by atoms with Crippen LogP contribution < -0.4 is 0 Å². The fourth-order valence-corrected chi connectivity index (χ4v) is 2.83. The Morgan fingerprint density at radius 1 is 1.38 bits per heavy atom. The number of piperidine rings is 1. The highest BCUT2D eigenvalue weighted by Crippen LogP contribution is 2.24. The Morgan fingerprint density at radius 3 is 2.67 bits per heavy atom. The van der Waals surface area contributed by atoms with E-state index in [-0.39, 0.29) is 17.8 Å². The van der Waals surface area contributed by atoms with E-state index in [4.69, 9.17) is 4.74 Å². The highest BCUT2D eigenvalue weighted by Gasteiger charge is 2.29. The Bertz CT molecular complexity index is 542. The highest BCUT2D eigenvalue weighted by molar-refractivity contribution is 9.10. The molecule has 1 fully saturated rings. The lowest BCUT2D eigenvalue weighted by atomic mass is 9.96. The van der Waals surface area contributed by atoms with E-state index in [2.05, 4.69) is 15.9 Å². The van der Waals surface area contributed by atoms with Gasteiger partial charge in [-0.15, -0.1) is 0 Å². The van der Waals surface area contributed by atoms with Crippen molar-refractivity contribution in [2.24, 2.45) is 5.92 Å². The van der Waals surface area contributed by atoms with Gasteiger partial charge in [0.1, 0.15) is 5.82 Å². The van der Waals surface area contributed by atoms with Crippen LogP contribution in [0.2, 0.25) is 0 Å². The summed E-state index contributed by atoms with van der Waals surface area (Å²) in [6.07, 6.45) is 1.16. The lowest BCUT2D eigenvalue weighted by Gasteiger charge is -2.31. The molecular formula is C15H17BrFNO3. The van der Waals surface area contributed by atoms with Crippen molar-refractivity contribution in [2.45, 2.75) is 19.8 Å². The van der Waals surface area contributed by atoms with Gasteiger partial charge in [0.15, 0.2) is 0 Å². The van der Waals surface area contributed by atoms with Crippen LogP contribution >= 0.6 is 15.9 Å². The van der Waals surface area contributed by atoms with Crippen LogP contribution in [0.3, 0.4) is 0 Å². The molecule has 1 aliphatic rings. The Morgan fingerprint density at radius 2 is 2.05 bits per heavy atom. The highest BCUT2D eigenvalue weighted by atomic mass is 79.9. The second-order valence-corrected chi connectivity index (χ2v) is 5.80. The second kappa shape index (κ2) is 7.02. The third-order valence-electron chi connectivity index (χ3n) is 3.56. The molecule has 6 heteroatoms. The van der Waals surface area contributed by atoms with Crippen LogP contribution in [0.4, 0.5) is 4.39 Å². The molecule has 0 spiro atoms. The molecule has 1 saturated heterocycles. The van der Waals surface area contributed by atoms with Crippen molar-refractivity contribution in [2.75, 3.05) is 19.7 Å². The summed E-state index contributed by atoms with van der Waals surface area (Å²) < 4.78 is 18.8. The first-order valence-corrected chi connectivity index (χ1v) is 7.73. The number of amides is 1. The maximum atomic E-state index is 13.3. The summed E-state index contributed by atoms with van der Waals surface area (Å²) in [5.74, 6) is -1.01. The average molecular weight is 358 g/mol. The number of nitrogens with zero attached hydrogens (tertiary/aromatic N) is 1. The number of carbonyl (C=O) groups excluding carboxylic acids is 2. The predicted molar refractivity (Wildman–Crippen MR) is 79.4 cm³/mol. The summed E-state index contributed by atoms with van der Waals surface area (Å²) in [4.78, 5) is 25.7. The van der Waals surface area contributed by atoms with Gasteiger partial charge in [-0.1, -0.05) is 0 Å². The lowest BCUT2D eigenvalue weighted by Crippen LogP contribution is -2.40. The van der Waals surface area contributed by atoms with E-state index < -0.39 is 5.82 Å². The summed E-state index contributed by atoms with van der Waals surface area (Å²) in [5, 5.41) is 0. The molecule has 1 heterocycles. The minimum atomic E-state index is -0.442. The molecule has 0 unspecified atom stereocenters. The number of carbonyl (C=O) groups is 2. The number of hydrogen-bond donors (Lipinski definition) is 0. The second-order valence-electron chi connectivity index (χ2n) is 4.94. The number of halogens is 2. The molecule has 1 aromatic rings. The number of hydrogen-bond acceptors (Lipinski definition) is 3. The first-order valence-electron chi connectivity index (χ1n) is 6.94. The monoisotopic (exact) mass is 357 g/mol. The van der Waals surface area contributed by atoms with Crippen LogP contribution in [0, 0.1) is 11.7 Å². The van der Waals surface area contributed by atoms with Crippen molar-refractivity contribution in [1.29, 1.82) is 0 Å². The molecule has 0 aromatic heterocycles. The molecule has 0 N–H and O–H groups in total. The van der Waals surface area contributed by atoms with Crippen molar-refractivity contribution >= 4 is 27.8 Å². The zero-order valence-electron chi connectivity index (χ0n) is 11.8. The molecule has 1 aromatic carbocycles. The summed E-state index contributed by atoms with van der Waals surface area (Å²) in [7, 11) is 0. The van der Waals surface area contributed by atoms with E-state index in [9.17, 15) is 14.0 Å². The van der Waals surface area contributed by atoms with E-state index in [1.807, 2.05) is 0 Å². The van der Waals surface area contributed by atoms with Crippen LogP contribution in [-0.4, -0.2) is 36.5 Å². The van der Waals surface area contributed by atoms with Gasteiger partial charge < -0.3 is 9.64 Å². The maximum Gasteiger partial charge on any atom is 0.309 e. The Kier molecular flexibility index (Phi) is 5.33. The summed E-state index contributed by atoms with van der Waals surface area (Å²) >= 11 is 3.27. The largest absolute Gasteiger partial charge is 0.466 e. The standard InChI is InChI=1S/C15H17BrFNO3/c1-2-21-15(20)10-5-7-18(8-6-10)14(19)12-9-11(17)3-4-13(12)16/h3-4,9-10H,2,5-8H2,1H3. The van der Waals surface area contributed by atoms with Crippen molar-refractivity contribution in [3.63, 3.8) is 0 Å². The quantitative estimate of drug-likeness (QED) is 0.781. The molecule has 0 bridgehead atoms. The molecule has 114 valence electrons. The van der Waals surface area contributed by atoms with Crippen molar-refractivity contribution < 1.29 is 18.7 Å². The molecular weight excluding hydrogens is 341 g/mol. The topological polar surface area (TPSA) is 46.6 Å². The fraction of sp³-hybridized carbons (Fsp3) is 0.467. The zero-order valence-corrected chi connectivity index (χ0v) is 13.4. The van der Waals surface area contributed by atoms with Crippen LogP contribution in [0.15, 0.2) is 22.7 Å². The minimum absolute atomic E-state index is 0.148. The van der Waals surface area contributed by atoms with E-state index in [0.717, 1.165) is 0 Å². The van der Waals surface area contributed by atoms with Gasteiger partial charge in [-0.2, -0.15) is 0 Å². The third kappa shape index (κ3) is 3.81. The normalized spacial score (nSPS) is 15.9. The Hall–Kier alpha value is -1.43. The molecule has 2 rings (SSSR count). The minimum Gasteiger partial charge on any atom is -0.466 e. The van der Waals surface area contributed by atoms with E-state index in [0.29, 0.717) is 42.6 Å². The van der Waals surface area contributed by atoms with Crippen LogP contribution in [0.25, 0.3) is 0 Å². The van der Waals surface area contributed by atoms with Gasteiger partial charge in [0.25, 0.3) is 5.91 Å². The molecule has 0 radical (unpaired) electrons. The summed E-state index contributed by atoms with van der Waals surface area (Å²) in [5.41, 5.74) is 0.310. The van der Waals surface area contributed by atoms with Crippen LogP contribution in [0.1, 0.15) is 30.1 Å². The Balaban J connectivity index is 2.00. The fourth-order valence-electron chi connectivity index (χ4n) is 2.41. The Labute approximate surface area is 131 Å². The molecule has 4 nitrogen and oxygen atoms in total. The van der Waals surface area contributed by atoms with Crippen molar-refractivity contribution in [1.82, 2.24) is 4.90 Å². The smallest absolute Gasteiger partial charge is 0.309 e. The van der Waals surface area contributed by atoms with Crippen molar-refractivity contribution in [3.8, 4) is 0 Å². The first-order chi connectivity index (χ1) is 10.0. The molecule has 0 saturated carbocycles. The predicted octanol–water partition coefficient (Wildman–Crippen LogP) is 3.00. The molecule has 21 heavy (non-hydrogen) atoms. The van der Waals surface area contributed by atoms with Gasteiger partial charge >= 0.3 is 5.97 Å². The van der Waals surface area contributed by atoms with Gasteiger partial charge in [0, 0.05) is 17.6 Å². The summed E-state index contributed by atoms with van der Waals surface area (Å²) in [6, 6.07) is 4.05. The van der Waals surface area contributed by atoms with E-state index in [1.54, 1.807) is 11.8 Å². The average Bonchev–Trinajstić information content (AvgIpc) is 2.49. The van der Waals surface area contributed by atoms with Gasteiger partial charge in [0.05, 0.1) is 18.1 Å². The van der Waals surface area contributed by atoms with Gasteiger partial charge in [-0.3, -0.25) is 9.59 Å². The van der Waals surface area contributed by atoms with Gasteiger partial charge in [0.2, 0.25) is 0 Å². The van der Waals surface area contributed by atoms with Gasteiger partial charge in [-0.25, -0.2) is 4.39 Å². The summed E-state index contributed by atoms with van der Waals surface area (Å²) in [6.45, 7) is 3.10. The molecule has 0 aliphatic carbocycles. The first kappa shape index (κ1) is 15.9. The van der Waals surface area contributed by atoms with Crippen LogP contribution in [0.5, 0.6) is 0 Å². The zero-order chi connectivity index (χ0) is 15.4. The number of rotatable bonds is 3. The number of esters is 1. The SMILES string of the molecule is CCOC(=O)C1CCN(C(=O)c2cc(F)ccc2Br)CC1. The van der Waals surface area contributed by atoms with E-state index >= 15 is 0 Å². The van der Waals surface area contributed by atoms with E-state index in [1.165, 1.54) is 18.2 Å². The number of ether oxygens (including phenoxy) is 1. The lowest BCUT2D eigenvalue weighted by molar-refractivity contribution is -0.149. The number of benzene rings is 1. The van der Waals surface area contributed by atoms with Gasteiger partial charge in [-0.05, 0) is 53.9 Å². The third-order valence-corrected chi connectivity index (χ3v) is 4.25. The maximum absolute atomic E-state index is 13.3. The van der Waals surface area contributed by atoms with Crippen LogP contribution in [-0.2, 0) is 9.53 Å². The molecule has 1 amide bonds. The molecule has 0 atom stereocenters.